The first-order chi connectivity index (χ1) is 12.3. The first-order valence-electron chi connectivity index (χ1n) is 9.91. The van der Waals surface area contributed by atoms with E-state index in [1.165, 1.54) is 0 Å². The lowest BCUT2D eigenvalue weighted by atomic mass is 9.88. The fourth-order valence-electron chi connectivity index (χ4n) is 3.58. The van der Waals surface area contributed by atoms with E-state index in [0.29, 0.717) is 32.1 Å². The average molecular weight is 369 g/mol. The highest BCUT2D eigenvalue weighted by atomic mass is 16.4. The Labute approximate surface area is 157 Å². The number of carboxylic acid groups (broad SMARTS) is 1. The van der Waals surface area contributed by atoms with Gasteiger partial charge in [0, 0.05) is 18.8 Å². The number of aliphatic carboxylic acids is 1. The molecule has 0 heterocycles. The van der Waals surface area contributed by atoms with Gasteiger partial charge >= 0.3 is 5.97 Å². The normalized spacial score (nSPS) is 28.8. The van der Waals surface area contributed by atoms with Crippen molar-refractivity contribution in [3.05, 3.63) is 24.3 Å². The summed E-state index contributed by atoms with van der Waals surface area (Å²) < 4.78 is 0. The molecule has 0 spiro atoms. The molecule has 5 atom stereocenters. The third-order valence-corrected chi connectivity index (χ3v) is 5.22. The van der Waals surface area contributed by atoms with Gasteiger partial charge in [0.1, 0.15) is 0 Å². The molecule has 0 bridgehead atoms. The van der Waals surface area contributed by atoms with E-state index < -0.39 is 23.8 Å². The molecule has 2 unspecified atom stereocenters. The molecule has 1 fully saturated rings. The van der Waals surface area contributed by atoms with Crippen molar-refractivity contribution in [2.45, 2.75) is 89.4 Å². The number of unbranched alkanes of at least 4 members (excludes halogenated alkanes) is 3. The van der Waals surface area contributed by atoms with Crippen molar-refractivity contribution >= 4 is 5.97 Å². The maximum Gasteiger partial charge on any atom is 0.303 e. The van der Waals surface area contributed by atoms with Crippen LogP contribution in [0.5, 0.6) is 0 Å². The Balaban J connectivity index is 2.56. The summed E-state index contributed by atoms with van der Waals surface area (Å²) in [6, 6.07) is 0. The first-order valence-corrected chi connectivity index (χ1v) is 9.91. The summed E-state index contributed by atoms with van der Waals surface area (Å²) in [6.07, 6.45) is 12.7. The monoisotopic (exact) mass is 368 g/mol. The van der Waals surface area contributed by atoms with E-state index in [1.54, 1.807) is 13.0 Å². The summed E-state index contributed by atoms with van der Waals surface area (Å²) in [5, 5.41) is 39.6. The van der Waals surface area contributed by atoms with Gasteiger partial charge in [-0.05, 0) is 38.5 Å². The summed E-state index contributed by atoms with van der Waals surface area (Å²) in [5.41, 5.74) is -0.889. The molecule has 0 radical (unpaired) electrons. The van der Waals surface area contributed by atoms with Crippen LogP contribution in [0.15, 0.2) is 24.3 Å². The van der Waals surface area contributed by atoms with Gasteiger partial charge in [0.05, 0.1) is 17.8 Å². The van der Waals surface area contributed by atoms with Crippen LogP contribution < -0.4 is 0 Å². The molecule has 26 heavy (non-hydrogen) atoms. The van der Waals surface area contributed by atoms with Crippen LogP contribution in [0.3, 0.4) is 0 Å². The third kappa shape index (κ3) is 8.47. The van der Waals surface area contributed by atoms with Gasteiger partial charge in [-0.15, -0.1) is 0 Å². The number of carbonyl (C=O) groups is 1. The number of carboxylic acids is 1. The minimum atomic E-state index is -0.889. The second-order valence-corrected chi connectivity index (χ2v) is 7.78. The van der Waals surface area contributed by atoms with E-state index >= 15 is 0 Å². The lowest BCUT2D eigenvalue weighted by molar-refractivity contribution is -0.137. The second kappa shape index (κ2) is 11.5. The van der Waals surface area contributed by atoms with Crippen LogP contribution >= 0.6 is 0 Å². The number of hydrogen-bond donors (Lipinski definition) is 4. The zero-order valence-corrected chi connectivity index (χ0v) is 16.2. The average Bonchev–Trinajstić information content (AvgIpc) is 2.82. The van der Waals surface area contributed by atoms with Crippen LogP contribution in [-0.4, -0.2) is 44.2 Å². The Hall–Kier alpha value is -1.17. The Morgan fingerprint density at radius 1 is 1.15 bits per heavy atom. The molecule has 4 N–H and O–H groups in total. The molecule has 1 saturated carbocycles. The lowest BCUT2D eigenvalue weighted by Crippen LogP contribution is -2.24. The van der Waals surface area contributed by atoms with Crippen molar-refractivity contribution in [3.8, 4) is 0 Å². The van der Waals surface area contributed by atoms with Crippen molar-refractivity contribution in [2.75, 3.05) is 0 Å². The molecule has 0 saturated heterocycles. The molecule has 0 aromatic carbocycles. The van der Waals surface area contributed by atoms with E-state index in [9.17, 15) is 20.1 Å². The van der Waals surface area contributed by atoms with Crippen LogP contribution in [-0.2, 0) is 4.79 Å². The number of aliphatic hydroxyl groups is 3. The van der Waals surface area contributed by atoms with Crippen molar-refractivity contribution in [1.29, 1.82) is 0 Å². The molecular formula is C21H36O5. The van der Waals surface area contributed by atoms with Crippen molar-refractivity contribution in [3.63, 3.8) is 0 Å². The molecule has 150 valence electrons. The van der Waals surface area contributed by atoms with E-state index in [0.717, 1.165) is 19.3 Å². The summed E-state index contributed by atoms with van der Waals surface area (Å²) in [7, 11) is 0. The van der Waals surface area contributed by atoms with E-state index in [-0.39, 0.29) is 18.3 Å². The van der Waals surface area contributed by atoms with Gasteiger partial charge in [-0.1, -0.05) is 50.5 Å². The van der Waals surface area contributed by atoms with Gasteiger partial charge in [-0.3, -0.25) is 4.79 Å². The van der Waals surface area contributed by atoms with E-state index in [4.69, 9.17) is 5.11 Å². The zero-order valence-electron chi connectivity index (χ0n) is 16.2. The Bertz CT molecular complexity index is 469. The SMILES string of the molecule is CCCCC[C@](C)(O)/C=C/[C@H]1C(O)C[C@H](O)C1CC=CCCCC(=O)O. The molecule has 5 nitrogen and oxygen atoms in total. The maximum absolute atomic E-state index is 10.5. The van der Waals surface area contributed by atoms with Gasteiger partial charge in [0.15, 0.2) is 0 Å². The van der Waals surface area contributed by atoms with Crippen LogP contribution in [0.2, 0.25) is 0 Å². The highest BCUT2D eigenvalue weighted by Gasteiger charge is 2.39. The van der Waals surface area contributed by atoms with Crippen LogP contribution in [0.4, 0.5) is 0 Å². The second-order valence-electron chi connectivity index (χ2n) is 7.78. The standard InChI is InChI=1S/C21H36O5/c1-3-4-9-13-21(2,26)14-12-17-16(18(22)15-19(17)23)10-7-5-6-8-11-20(24)25/h5,7,12,14,16-19,22-23,26H,3-4,6,8-11,13,15H2,1-2H3,(H,24,25)/b7-5?,14-12+/t16?,17-,18+,19?,21+/m1/s1. The molecule has 1 aliphatic carbocycles. The fourth-order valence-corrected chi connectivity index (χ4v) is 3.58. The Kier molecular flexibility index (Phi) is 10.1. The summed E-state index contributed by atoms with van der Waals surface area (Å²) >= 11 is 0. The third-order valence-electron chi connectivity index (χ3n) is 5.22. The first kappa shape index (κ1) is 22.9. The largest absolute Gasteiger partial charge is 0.481 e. The Morgan fingerprint density at radius 3 is 2.54 bits per heavy atom. The topological polar surface area (TPSA) is 98.0 Å². The van der Waals surface area contributed by atoms with Gasteiger partial charge < -0.3 is 20.4 Å². The molecule has 1 aliphatic rings. The highest BCUT2D eigenvalue weighted by molar-refractivity contribution is 5.66. The van der Waals surface area contributed by atoms with Gasteiger partial charge in [0.25, 0.3) is 0 Å². The smallest absolute Gasteiger partial charge is 0.303 e. The molecule has 0 aromatic rings. The minimum absolute atomic E-state index is 0.0802. The molecule has 0 amide bonds. The Morgan fingerprint density at radius 2 is 1.88 bits per heavy atom. The van der Waals surface area contributed by atoms with Crippen LogP contribution in [0, 0.1) is 11.8 Å². The minimum Gasteiger partial charge on any atom is -0.481 e. The summed E-state index contributed by atoms with van der Waals surface area (Å²) in [5.74, 6) is -1.04. The number of aliphatic hydroxyl groups excluding tert-OH is 2. The molecule has 5 heteroatoms. The van der Waals surface area contributed by atoms with Gasteiger partial charge in [-0.25, -0.2) is 0 Å². The van der Waals surface area contributed by atoms with E-state index in [2.05, 4.69) is 6.92 Å². The van der Waals surface area contributed by atoms with Gasteiger partial charge in [0.2, 0.25) is 0 Å². The molecular weight excluding hydrogens is 332 g/mol. The van der Waals surface area contributed by atoms with Crippen molar-refractivity contribution in [1.82, 2.24) is 0 Å². The van der Waals surface area contributed by atoms with Crippen LogP contribution in [0.1, 0.15) is 71.6 Å². The summed E-state index contributed by atoms with van der Waals surface area (Å²) in [6.45, 7) is 3.91. The predicted octanol–water partition coefficient (Wildman–Crippen LogP) is 3.43. The summed E-state index contributed by atoms with van der Waals surface area (Å²) in [4.78, 5) is 10.5. The van der Waals surface area contributed by atoms with Crippen molar-refractivity contribution < 1.29 is 25.2 Å². The highest BCUT2D eigenvalue weighted by Crippen LogP contribution is 2.37. The van der Waals surface area contributed by atoms with Crippen LogP contribution in [0.25, 0.3) is 0 Å². The number of allylic oxidation sites excluding steroid dienone is 2. The molecule has 0 aromatic heterocycles. The fraction of sp³-hybridized carbons (Fsp3) is 0.762. The zero-order chi connectivity index (χ0) is 19.6. The predicted molar refractivity (Wildman–Crippen MR) is 103 cm³/mol. The number of rotatable bonds is 12. The lowest BCUT2D eigenvalue weighted by Gasteiger charge is -2.23. The molecule has 1 rings (SSSR count). The quantitative estimate of drug-likeness (QED) is 0.312. The number of hydrogen-bond acceptors (Lipinski definition) is 4. The maximum atomic E-state index is 10.5. The van der Waals surface area contributed by atoms with Gasteiger partial charge in [-0.2, -0.15) is 0 Å². The molecule has 0 aliphatic heterocycles. The van der Waals surface area contributed by atoms with Crippen molar-refractivity contribution in [2.24, 2.45) is 11.8 Å². The van der Waals surface area contributed by atoms with E-state index in [1.807, 2.05) is 18.2 Å².